The maximum absolute atomic E-state index is 17.0. The van der Waals surface area contributed by atoms with Gasteiger partial charge in [0.15, 0.2) is 11.4 Å². The van der Waals surface area contributed by atoms with Gasteiger partial charge < -0.3 is 57.4 Å². The monoisotopic (exact) mass is 1010 g/mol. The van der Waals surface area contributed by atoms with E-state index in [0.29, 0.717) is 72.0 Å². The number of aromatic nitrogens is 2. The van der Waals surface area contributed by atoms with E-state index in [1.54, 1.807) is 42.5 Å². The quantitative estimate of drug-likeness (QED) is 0.0229. The van der Waals surface area contributed by atoms with Crippen LogP contribution in [-0.4, -0.2) is 149 Å². The highest BCUT2D eigenvalue weighted by Gasteiger charge is 2.54. The summed E-state index contributed by atoms with van der Waals surface area (Å²) in [7, 11) is 3.56. The van der Waals surface area contributed by atoms with Gasteiger partial charge in [-0.15, -0.1) is 16.1 Å². The molecule has 5 heterocycles. The van der Waals surface area contributed by atoms with E-state index in [1.165, 1.54) is 28.0 Å². The zero-order valence-corrected chi connectivity index (χ0v) is 41.8. The van der Waals surface area contributed by atoms with Crippen molar-refractivity contribution in [2.24, 2.45) is 0 Å². The van der Waals surface area contributed by atoms with E-state index in [0.717, 1.165) is 43.5 Å². The Labute approximate surface area is 411 Å². The number of halogens is 2. The number of aromatic hydroxyl groups is 2. The molecule has 17 nitrogen and oxygen atoms in total. The van der Waals surface area contributed by atoms with E-state index >= 15 is 8.63 Å². The van der Waals surface area contributed by atoms with Gasteiger partial charge in [0, 0.05) is 73.6 Å². The van der Waals surface area contributed by atoms with Crippen molar-refractivity contribution in [1.82, 2.24) is 24.7 Å². The lowest BCUT2D eigenvalue weighted by Gasteiger charge is -2.31. The third kappa shape index (κ3) is 14.5. The summed E-state index contributed by atoms with van der Waals surface area (Å²) in [6, 6.07) is 13.4. The molecule has 0 saturated carbocycles. The SMILES string of the molecule is Cc1cc(C=Cc2ccc(OCCCC(=O)N[C@@H](CS(=O)(=O)O)C(=O)NCCN(C)CCCCCC(=O)On3c(O)ccc3O)cc2)n2c1C=C1C(CCC[N+](C)(C)C)=CC(c3cccs3)=[N+]1[B-]2(F)F. The summed E-state index contributed by atoms with van der Waals surface area (Å²) in [5.41, 5.74) is 4.34. The molecule has 1 aromatic carbocycles. The van der Waals surface area contributed by atoms with Crippen LogP contribution in [0.3, 0.4) is 0 Å². The molecule has 378 valence electrons. The third-order valence-corrected chi connectivity index (χ3v) is 13.4. The number of carbonyl (C=O) groups excluding carboxylic acids is 3. The first-order valence-electron chi connectivity index (χ1n) is 23.2. The molecule has 0 radical (unpaired) electrons. The summed E-state index contributed by atoms with van der Waals surface area (Å²) in [5.74, 6) is -3.34. The summed E-state index contributed by atoms with van der Waals surface area (Å²) >= 11 is 1.44. The molecule has 4 aromatic rings. The lowest BCUT2D eigenvalue weighted by Crippen LogP contribution is -2.51. The topological polar surface area (TPSA) is 205 Å². The number of aryl methyl sites for hydroxylation is 1. The molecule has 22 heteroatoms. The highest BCUT2D eigenvalue weighted by molar-refractivity contribution is 7.85. The van der Waals surface area contributed by atoms with Gasteiger partial charge in [0.05, 0.1) is 39.2 Å². The number of nitrogens with zero attached hydrogens (tertiary/aromatic N) is 5. The first-order valence-corrected chi connectivity index (χ1v) is 25.7. The van der Waals surface area contributed by atoms with E-state index in [4.69, 9.17) is 9.57 Å². The number of unbranched alkanes of at least 4 members (excludes halogenated alkanes) is 2. The summed E-state index contributed by atoms with van der Waals surface area (Å²) in [4.78, 5) is 45.3. The highest BCUT2D eigenvalue weighted by atomic mass is 32.2. The zero-order valence-electron chi connectivity index (χ0n) is 40.1. The lowest BCUT2D eigenvalue weighted by molar-refractivity contribution is -0.870. The molecule has 1 atom stereocenters. The van der Waals surface area contributed by atoms with Gasteiger partial charge in [-0.1, -0.05) is 30.7 Å². The molecule has 6 rings (SSSR count). The Morgan fingerprint density at radius 3 is 2.36 bits per heavy atom. The molecule has 5 N–H and O–H groups in total. The van der Waals surface area contributed by atoms with Gasteiger partial charge in [-0.2, -0.15) is 8.42 Å². The van der Waals surface area contributed by atoms with E-state index in [-0.39, 0.29) is 32.4 Å². The molecule has 2 amide bonds. The normalized spacial score (nSPS) is 14.9. The molecule has 0 bridgehead atoms. The van der Waals surface area contributed by atoms with E-state index in [9.17, 15) is 37.6 Å². The number of carbonyl (C=O) groups is 3. The second-order valence-electron chi connectivity index (χ2n) is 18.6. The van der Waals surface area contributed by atoms with E-state index in [2.05, 4.69) is 31.8 Å². The van der Waals surface area contributed by atoms with Crippen LogP contribution in [0.15, 0.2) is 77.3 Å². The molecule has 0 unspecified atom stereocenters. The number of allylic oxidation sites excluding steroid dienone is 2. The average molecular weight is 1010 g/mol. The van der Waals surface area contributed by atoms with Crippen LogP contribution in [0.2, 0.25) is 0 Å². The van der Waals surface area contributed by atoms with Crippen LogP contribution in [0, 0.1) is 6.92 Å². The fraction of sp³-hybridized carbons (Fsp3) is 0.417. The van der Waals surface area contributed by atoms with E-state index < -0.39 is 58.4 Å². The van der Waals surface area contributed by atoms with Crippen LogP contribution in [0.1, 0.15) is 78.8 Å². The smallest absolute Gasteiger partial charge is 0.494 e. The van der Waals surface area contributed by atoms with Gasteiger partial charge in [-0.25, -0.2) is 4.79 Å². The van der Waals surface area contributed by atoms with Crippen LogP contribution in [0.5, 0.6) is 17.5 Å². The predicted molar refractivity (Wildman–Crippen MR) is 266 cm³/mol. The number of amides is 2. The Bertz CT molecular complexity index is 2720. The fourth-order valence-electron chi connectivity index (χ4n) is 8.26. The Kier molecular flexibility index (Phi) is 17.7. The number of ether oxygens (including phenoxy) is 1. The average Bonchev–Trinajstić information content (AvgIpc) is 4.08. The first-order chi connectivity index (χ1) is 33.1. The minimum absolute atomic E-state index is 0.0676. The number of rotatable bonds is 26. The summed E-state index contributed by atoms with van der Waals surface area (Å²) in [6.45, 7) is -0.239. The molecule has 3 aromatic heterocycles. The van der Waals surface area contributed by atoms with E-state index in [1.807, 2.05) is 48.5 Å². The molecule has 2 aliphatic heterocycles. The Balaban J connectivity index is 0.946. The molecule has 0 aliphatic carbocycles. The Morgan fingerprint density at radius 1 is 0.957 bits per heavy atom. The highest BCUT2D eigenvalue weighted by Crippen LogP contribution is 2.40. The molecule has 0 saturated heterocycles. The number of hydrogen-bond donors (Lipinski definition) is 5. The second kappa shape index (κ2) is 23.2. The van der Waals surface area contributed by atoms with Gasteiger partial charge in [-0.3, -0.25) is 14.1 Å². The standard InChI is InChI=1S/C48H62BF2N7O10S2/c1-34-30-37(55-40(34)32-41-36(12-9-27-58(3,4)5)31-42(43-13-11-29-69-43)56(41)49(55,50)51)19-16-35-17-20-38(21-18-35)67-28-10-14-44(59)53-39(33-70(64,65)66)48(63)52-24-26-54(2)25-8-6-7-15-47(62)68-57-45(60)22-23-46(57)61/h11,13,16-23,29-32,39H,6-10,12,14-15,24-28,33H2,1-5H3,(H4-,52,53,59,60,61,63,64,65,66)/p+1/t39-/m0/s1. The Hall–Kier alpha value is -6.07. The number of nitrogens with one attached hydrogen (secondary N) is 2. The van der Waals surface area contributed by atoms with Crippen molar-refractivity contribution in [3.05, 3.63) is 105 Å². The van der Waals surface area contributed by atoms with Crippen molar-refractivity contribution in [2.75, 3.05) is 66.7 Å². The molecule has 2 aliphatic rings. The van der Waals surface area contributed by atoms with Crippen molar-refractivity contribution < 1.29 is 64.7 Å². The Morgan fingerprint density at radius 2 is 1.69 bits per heavy atom. The van der Waals surface area contributed by atoms with Crippen molar-refractivity contribution in [3.63, 3.8) is 0 Å². The van der Waals surface area contributed by atoms with Gasteiger partial charge in [-0.05, 0) is 93.0 Å². The second-order valence-corrected chi connectivity index (χ2v) is 21.0. The van der Waals surface area contributed by atoms with Crippen LogP contribution >= 0.6 is 11.3 Å². The first kappa shape index (κ1) is 53.3. The summed E-state index contributed by atoms with van der Waals surface area (Å²) in [5, 5.41) is 26.0. The van der Waals surface area contributed by atoms with Gasteiger partial charge >= 0.3 is 12.9 Å². The number of fused-ring (bicyclic) bond motifs is 2. The summed E-state index contributed by atoms with van der Waals surface area (Å²) < 4.78 is 76.5. The lowest BCUT2D eigenvalue weighted by atomic mass is 9.88. The van der Waals surface area contributed by atoms with Crippen molar-refractivity contribution >= 4 is 70.1 Å². The number of benzene rings is 1. The van der Waals surface area contributed by atoms with Crippen LogP contribution < -0.4 is 20.2 Å². The van der Waals surface area contributed by atoms with Crippen LogP contribution in [0.4, 0.5) is 8.63 Å². The van der Waals surface area contributed by atoms with Crippen LogP contribution in [0.25, 0.3) is 18.2 Å². The molecular weight excluding hydrogens is 948 g/mol. The maximum atomic E-state index is 17.0. The van der Waals surface area contributed by atoms with Crippen molar-refractivity contribution in [3.8, 4) is 17.5 Å². The predicted octanol–water partition coefficient (Wildman–Crippen LogP) is 5.54. The largest absolute Gasteiger partial charge is 0.737 e. The fourth-order valence-corrected chi connectivity index (χ4v) is 9.66. The number of quaternary nitrogens is 1. The number of likely N-dealkylation sites (N-methyl/N-ethyl adjacent to an activating group) is 1. The number of thiophene rings is 1. The number of hydrogen-bond acceptors (Lipinski definition) is 11. The third-order valence-electron chi connectivity index (χ3n) is 11.8. The minimum atomic E-state index is -4.63. The summed E-state index contributed by atoms with van der Waals surface area (Å²) in [6.07, 6.45) is 10.9. The van der Waals surface area contributed by atoms with Crippen LogP contribution in [-0.2, 0) is 24.5 Å². The van der Waals surface area contributed by atoms with Gasteiger partial charge in [0.2, 0.25) is 23.6 Å². The minimum Gasteiger partial charge on any atom is -0.494 e. The zero-order chi connectivity index (χ0) is 50.8. The maximum Gasteiger partial charge on any atom is 0.737 e. The van der Waals surface area contributed by atoms with Gasteiger partial charge in [0.1, 0.15) is 17.5 Å². The molecule has 70 heavy (non-hydrogen) atoms. The van der Waals surface area contributed by atoms with Gasteiger partial charge in [0.25, 0.3) is 10.1 Å². The molecular formula is C48H63BF2N7O10S2+. The molecule has 0 spiro atoms. The van der Waals surface area contributed by atoms with Crippen molar-refractivity contribution in [2.45, 2.75) is 64.3 Å². The molecule has 0 fully saturated rings. The van der Waals surface area contributed by atoms with Crippen molar-refractivity contribution in [1.29, 1.82) is 0 Å².